The minimum atomic E-state index is -0.477. The molecule has 0 aliphatic carbocycles. The number of anilines is 1. The van der Waals surface area contributed by atoms with E-state index in [2.05, 4.69) is 30.7 Å². The van der Waals surface area contributed by atoms with Gasteiger partial charge in [-0.05, 0) is 0 Å². The molecule has 3 heterocycles. The summed E-state index contributed by atoms with van der Waals surface area (Å²) in [6, 6.07) is 1.08. The van der Waals surface area contributed by atoms with E-state index < -0.39 is 6.03 Å². The molecule has 1 fully saturated rings. The van der Waals surface area contributed by atoms with E-state index in [1.165, 1.54) is 28.6 Å². The lowest BCUT2D eigenvalue weighted by molar-refractivity contribution is -0.121. The minimum Gasteiger partial charge on any atom is -0.323 e. The van der Waals surface area contributed by atoms with E-state index in [1.54, 1.807) is 6.07 Å². The van der Waals surface area contributed by atoms with Crippen LogP contribution in [0.25, 0.3) is 5.82 Å². The Morgan fingerprint density at radius 2 is 2.17 bits per heavy atom. The maximum Gasteiger partial charge on any atom is 0.324 e. The molecule has 0 saturated carbocycles. The van der Waals surface area contributed by atoms with Crippen molar-refractivity contribution in [1.82, 2.24) is 34.9 Å². The molecule has 1 saturated heterocycles. The number of aromatic nitrogens is 5. The van der Waals surface area contributed by atoms with E-state index in [4.69, 9.17) is 0 Å². The highest BCUT2D eigenvalue weighted by molar-refractivity contribution is 5.97. The van der Waals surface area contributed by atoms with E-state index in [1.807, 2.05) is 0 Å². The number of amides is 4. The molecule has 0 radical (unpaired) electrons. The minimum absolute atomic E-state index is 0.0876. The maximum absolute atomic E-state index is 12.0. The summed E-state index contributed by atoms with van der Waals surface area (Å²) in [6.45, 7) is 0.522. The van der Waals surface area contributed by atoms with Crippen LogP contribution in [0.3, 0.4) is 0 Å². The Balaban J connectivity index is 1.54. The van der Waals surface area contributed by atoms with Gasteiger partial charge in [0.15, 0.2) is 5.82 Å². The zero-order valence-corrected chi connectivity index (χ0v) is 12.5. The number of carbonyl (C=O) groups excluding carboxylic acids is 3. The van der Waals surface area contributed by atoms with Crippen LogP contribution in [0.2, 0.25) is 0 Å². The topological polar surface area (TPSA) is 135 Å². The van der Waals surface area contributed by atoms with E-state index in [-0.39, 0.29) is 31.2 Å². The molecule has 3 rings (SSSR count). The van der Waals surface area contributed by atoms with Crippen LogP contribution in [0.4, 0.5) is 10.6 Å². The predicted molar refractivity (Wildman–Crippen MR) is 79.9 cm³/mol. The maximum atomic E-state index is 12.0. The number of nitrogens with one attached hydrogen (secondary N) is 2. The monoisotopic (exact) mass is 330 g/mol. The molecule has 0 atom stereocenters. The molecule has 24 heavy (non-hydrogen) atoms. The van der Waals surface area contributed by atoms with Crippen molar-refractivity contribution in [3.8, 4) is 5.82 Å². The highest BCUT2D eigenvalue weighted by Crippen LogP contribution is 2.08. The molecule has 0 bridgehead atoms. The number of imide groups is 1. The molecule has 2 aromatic heterocycles. The first-order valence-electron chi connectivity index (χ1n) is 7.17. The van der Waals surface area contributed by atoms with Crippen LogP contribution in [-0.4, -0.2) is 60.6 Å². The third-order valence-electron chi connectivity index (χ3n) is 3.32. The lowest BCUT2D eigenvalue weighted by atomic mass is 10.3. The fourth-order valence-electron chi connectivity index (χ4n) is 2.12. The van der Waals surface area contributed by atoms with Crippen molar-refractivity contribution < 1.29 is 14.4 Å². The molecular formula is C13H14N8O3. The SMILES string of the molecule is O=C1CCN(CCC(=O)Nc2cc(-n3cncn3)ncn2)C(=O)N1. The van der Waals surface area contributed by atoms with Gasteiger partial charge < -0.3 is 10.2 Å². The molecule has 11 heteroatoms. The number of nitrogens with zero attached hydrogens (tertiary/aromatic N) is 6. The summed E-state index contributed by atoms with van der Waals surface area (Å²) in [5, 5.41) is 8.78. The Hall–Kier alpha value is -3.37. The quantitative estimate of drug-likeness (QED) is 0.742. The fraction of sp³-hybridized carbons (Fsp3) is 0.308. The zero-order valence-electron chi connectivity index (χ0n) is 12.5. The molecule has 0 aromatic carbocycles. The van der Waals surface area contributed by atoms with Crippen molar-refractivity contribution >= 4 is 23.7 Å². The highest BCUT2D eigenvalue weighted by atomic mass is 16.2. The Morgan fingerprint density at radius 1 is 1.29 bits per heavy atom. The van der Waals surface area contributed by atoms with Gasteiger partial charge in [0.1, 0.15) is 24.8 Å². The molecule has 4 amide bonds. The number of hydrogen-bond acceptors (Lipinski definition) is 7. The van der Waals surface area contributed by atoms with Crippen molar-refractivity contribution in [2.24, 2.45) is 0 Å². The van der Waals surface area contributed by atoms with Gasteiger partial charge in [-0.3, -0.25) is 14.9 Å². The normalized spacial score (nSPS) is 14.4. The summed E-state index contributed by atoms with van der Waals surface area (Å²) in [4.78, 5) is 47.9. The van der Waals surface area contributed by atoms with Gasteiger partial charge in [-0.15, -0.1) is 0 Å². The van der Waals surface area contributed by atoms with E-state index in [0.717, 1.165) is 0 Å². The smallest absolute Gasteiger partial charge is 0.323 e. The standard InChI is InChI=1S/C13H14N8O3/c22-11(1-3-20-4-2-12(23)19-13(20)24)18-9-5-10(16-7-15-9)21-8-14-6-17-21/h5-8H,1-4H2,(H,19,23,24)(H,15,16,18,22). The molecule has 0 spiro atoms. The molecule has 1 aliphatic rings. The van der Waals surface area contributed by atoms with Crippen molar-refractivity contribution in [1.29, 1.82) is 0 Å². The lowest BCUT2D eigenvalue weighted by Crippen LogP contribution is -2.50. The number of hydrogen-bond donors (Lipinski definition) is 2. The number of rotatable bonds is 5. The Labute approximate surface area is 136 Å². The summed E-state index contributed by atoms with van der Waals surface area (Å²) in [7, 11) is 0. The molecule has 124 valence electrons. The second kappa shape index (κ2) is 6.81. The predicted octanol–water partition coefficient (Wildman–Crippen LogP) is -0.672. The van der Waals surface area contributed by atoms with Crippen LogP contribution >= 0.6 is 0 Å². The zero-order chi connectivity index (χ0) is 16.9. The van der Waals surface area contributed by atoms with Crippen LogP contribution in [0, 0.1) is 0 Å². The molecule has 2 N–H and O–H groups in total. The third-order valence-corrected chi connectivity index (χ3v) is 3.32. The number of urea groups is 1. The second-order valence-electron chi connectivity index (χ2n) is 4.99. The van der Waals surface area contributed by atoms with Crippen LogP contribution in [0.5, 0.6) is 0 Å². The van der Waals surface area contributed by atoms with Gasteiger partial charge in [0.25, 0.3) is 0 Å². The van der Waals surface area contributed by atoms with Crippen molar-refractivity contribution in [2.75, 3.05) is 18.4 Å². The highest BCUT2D eigenvalue weighted by Gasteiger charge is 2.23. The van der Waals surface area contributed by atoms with Gasteiger partial charge in [-0.25, -0.2) is 24.4 Å². The van der Waals surface area contributed by atoms with Crippen molar-refractivity contribution in [3.05, 3.63) is 25.0 Å². The first-order chi connectivity index (χ1) is 11.6. The molecule has 1 aliphatic heterocycles. The van der Waals surface area contributed by atoms with Gasteiger partial charge in [0.2, 0.25) is 11.8 Å². The summed E-state index contributed by atoms with van der Waals surface area (Å²) in [6.07, 6.45) is 4.47. The average molecular weight is 330 g/mol. The molecule has 11 nitrogen and oxygen atoms in total. The molecule has 0 unspecified atom stereocenters. The molecule has 2 aromatic rings. The summed E-state index contributed by atoms with van der Waals surface area (Å²) < 4.78 is 1.44. The summed E-state index contributed by atoms with van der Waals surface area (Å²) in [5.41, 5.74) is 0. The average Bonchev–Trinajstić information content (AvgIpc) is 3.09. The Kier molecular flexibility index (Phi) is 4.40. The number of carbonyl (C=O) groups is 3. The van der Waals surface area contributed by atoms with E-state index in [0.29, 0.717) is 18.2 Å². The van der Waals surface area contributed by atoms with Gasteiger partial charge in [0, 0.05) is 32.0 Å². The second-order valence-corrected chi connectivity index (χ2v) is 4.99. The Morgan fingerprint density at radius 3 is 2.92 bits per heavy atom. The summed E-state index contributed by atoms with van der Waals surface area (Å²) in [5.74, 6) is 0.177. The third kappa shape index (κ3) is 3.69. The largest absolute Gasteiger partial charge is 0.324 e. The van der Waals surface area contributed by atoms with Crippen LogP contribution in [-0.2, 0) is 9.59 Å². The van der Waals surface area contributed by atoms with Gasteiger partial charge in [-0.1, -0.05) is 0 Å². The van der Waals surface area contributed by atoms with Crippen LogP contribution in [0.1, 0.15) is 12.8 Å². The van der Waals surface area contributed by atoms with Gasteiger partial charge in [-0.2, -0.15) is 5.10 Å². The van der Waals surface area contributed by atoms with Crippen LogP contribution in [0.15, 0.2) is 25.0 Å². The fourth-order valence-corrected chi connectivity index (χ4v) is 2.12. The van der Waals surface area contributed by atoms with Crippen molar-refractivity contribution in [3.63, 3.8) is 0 Å². The van der Waals surface area contributed by atoms with Gasteiger partial charge in [0.05, 0.1) is 0 Å². The Bertz CT molecular complexity index is 760. The van der Waals surface area contributed by atoms with Crippen molar-refractivity contribution in [2.45, 2.75) is 12.8 Å². The first-order valence-corrected chi connectivity index (χ1v) is 7.17. The van der Waals surface area contributed by atoms with E-state index >= 15 is 0 Å². The summed E-state index contributed by atoms with van der Waals surface area (Å²) >= 11 is 0. The lowest BCUT2D eigenvalue weighted by Gasteiger charge is -2.26. The molecular weight excluding hydrogens is 316 g/mol. The van der Waals surface area contributed by atoms with Crippen LogP contribution < -0.4 is 10.6 Å². The van der Waals surface area contributed by atoms with E-state index in [9.17, 15) is 14.4 Å². The van der Waals surface area contributed by atoms with Gasteiger partial charge >= 0.3 is 6.03 Å². The first kappa shape index (κ1) is 15.5.